The Hall–Kier alpha value is -1.10. The Morgan fingerprint density at radius 1 is 1.47 bits per heavy atom. The summed E-state index contributed by atoms with van der Waals surface area (Å²) in [5.41, 5.74) is 0.811. The van der Waals surface area contributed by atoms with Gasteiger partial charge < -0.3 is 10.0 Å². The third-order valence-corrected chi connectivity index (χ3v) is 3.08. The number of hydrogen-bond donors (Lipinski definition) is 2. The van der Waals surface area contributed by atoms with Gasteiger partial charge in [0.25, 0.3) is 0 Å². The lowest BCUT2D eigenvalue weighted by atomic mass is 10.1. The van der Waals surface area contributed by atoms with Crippen molar-refractivity contribution in [3.63, 3.8) is 0 Å². The summed E-state index contributed by atoms with van der Waals surface area (Å²) >= 11 is 5.82. The van der Waals surface area contributed by atoms with Crippen LogP contribution in [0.3, 0.4) is 0 Å². The van der Waals surface area contributed by atoms with Gasteiger partial charge in [-0.05, 0) is 31.2 Å². The summed E-state index contributed by atoms with van der Waals surface area (Å²) < 4.78 is 0. The van der Waals surface area contributed by atoms with E-state index in [2.05, 4.69) is 5.32 Å². The van der Waals surface area contributed by atoms with E-state index in [0.717, 1.165) is 5.69 Å². The smallest absolute Gasteiger partial charge is 0.246 e. The van der Waals surface area contributed by atoms with Gasteiger partial charge in [0.1, 0.15) is 6.04 Å². The van der Waals surface area contributed by atoms with Gasteiger partial charge in [-0.15, -0.1) is 0 Å². The predicted octanol–water partition coefficient (Wildman–Crippen LogP) is 1.03. The van der Waals surface area contributed by atoms with E-state index in [1.807, 2.05) is 19.1 Å². The normalized spacial score (nSPS) is 25.1. The van der Waals surface area contributed by atoms with Crippen LogP contribution in [0.1, 0.15) is 6.92 Å². The second kappa shape index (κ2) is 5.04. The molecule has 1 aliphatic rings. The number of halogens is 1. The Bertz CT molecular complexity index is 407. The molecule has 0 aliphatic carbocycles. The number of aliphatic hydroxyl groups excluding tert-OH is 1. The molecule has 2 N–H and O–H groups in total. The highest BCUT2D eigenvalue weighted by Crippen LogP contribution is 2.21. The number of carbonyl (C=O) groups excluding carboxylic acids is 1. The summed E-state index contributed by atoms with van der Waals surface area (Å²) in [5, 5.41) is 12.9. The lowest BCUT2D eigenvalue weighted by molar-refractivity contribution is -0.123. The molecule has 0 bridgehead atoms. The number of nitrogens with zero attached hydrogens (tertiary/aromatic N) is 1. The van der Waals surface area contributed by atoms with Crippen LogP contribution < -0.4 is 10.2 Å². The molecule has 0 radical (unpaired) electrons. The zero-order valence-corrected chi connectivity index (χ0v) is 10.3. The van der Waals surface area contributed by atoms with Gasteiger partial charge in [0.05, 0.1) is 6.61 Å². The standard InChI is InChI=1S/C12H15ClN2O2/c1-8-6-15(12(17)11(7-16)14-8)10-4-2-9(13)3-5-10/h2-5,8,11,14,16H,6-7H2,1H3. The minimum Gasteiger partial charge on any atom is -0.394 e. The number of benzene rings is 1. The van der Waals surface area contributed by atoms with E-state index in [4.69, 9.17) is 16.7 Å². The van der Waals surface area contributed by atoms with Gasteiger partial charge in [-0.3, -0.25) is 10.1 Å². The van der Waals surface area contributed by atoms with Crippen LogP contribution in [-0.4, -0.2) is 36.2 Å². The van der Waals surface area contributed by atoms with E-state index in [0.29, 0.717) is 11.6 Å². The van der Waals surface area contributed by atoms with Crippen LogP contribution in [0, 0.1) is 0 Å². The molecule has 2 rings (SSSR count). The Balaban J connectivity index is 2.24. The molecule has 1 saturated heterocycles. The monoisotopic (exact) mass is 254 g/mol. The summed E-state index contributed by atoms with van der Waals surface area (Å²) in [4.78, 5) is 13.7. The molecule has 1 heterocycles. The molecular weight excluding hydrogens is 240 g/mol. The summed E-state index contributed by atoms with van der Waals surface area (Å²) in [6.45, 7) is 2.39. The average molecular weight is 255 g/mol. The van der Waals surface area contributed by atoms with Crippen molar-refractivity contribution in [1.82, 2.24) is 5.32 Å². The molecule has 2 unspecified atom stereocenters. The Labute approximate surface area is 105 Å². The van der Waals surface area contributed by atoms with Gasteiger partial charge >= 0.3 is 0 Å². The van der Waals surface area contributed by atoms with E-state index in [1.165, 1.54) is 0 Å². The zero-order valence-electron chi connectivity index (χ0n) is 9.56. The van der Waals surface area contributed by atoms with E-state index >= 15 is 0 Å². The average Bonchev–Trinajstić information content (AvgIpc) is 2.33. The lowest BCUT2D eigenvalue weighted by Gasteiger charge is -2.36. The highest BCUT2D eigenvalue weighted by Gasteiger charge is 2.32. The molecular formula is C12H15ClN2O2. The van der Waals surface area contributed by atoms with Gasteiger partial charge in [0, 0.05) is 23.3 Å². The van der Waals surface area contributed by atoms with Crippen molar-refractivity contribution in [3.8, 4) is 0 Å². The van der Waals surface area contributed by atoms with E-state index in [9.17, 15) is 4.79 Å². The molecule has 5 heteroatoms. The Morgan fingerprint density at radius 2 is 2.12 bits per heavy atom. The first-order valence-electron chi connectivity index (χ1n) is 5.55. The Kier molecular flexibility index (Phi) is 3.66. The SMILES string of the molecule is CC1CN(c2ccc(Cl)cc2)C(=O)C(CO)N1. The maximum atomic E-state index is 12.1. The van der Waals surface area contributed by atoms with Gasteiger partial charge in [0.15, 0.2) is 0 Å². The number of amides is 1. The minimum atomic E-state index is -0.519. The third-order valence-electron chi connectivity index (χ3n) is 2.83. The molecule has 1 aromatic rings. The Morgan fingerprint density at radius 3 is 2.71 bits per heavy atom. The van der Waals surface area contributed by atoms with Crippen molar-refractivity contribution < 1.29 is 9.90 Å². The van der Waals surface area contributed by atoms with Crippen LogP contribution >= 0.6 is 11.6 Å². The van der Waals surface area contributed by atoms with Crippen molar-refractivity contribution in [2.75, 3.05) is 18.1 Å². The first-order valence-corrected chi connectivity index (χ1v) is 5.93. The van der Waals surface area contributed by atoms with Crippen molar-refractivity contribution in [3.05, 3.63) is 29.3 Å². The molecule has 0 aromatic heterocycles. The van der Waals surface area contributed by atoms with E-state index < -0.39 is 6.04 Å². The number of piperazine rings is 1. The number of anilines is 1. The summed E-state index contributed by atoms with van der Waals surface area (Å²) in [7, 11) is 0. The molecule has 17 heavy (non-hydrogen) atoms. The van der Waals surface area contributed by atoms with E-state index in [-0.39, 0.29) is 18.6 Å². The molecule has 92 valence electrons. The van der Waals surface area contributed by atoms with Crippen LogP contribution in [0.5, 0.6) is 0 Å². The molecule has 0 saturated carbocycles. The number of rotatable bonds is 2. The summed E-state index contributed by atoms with van der Waals surface area (Å²) in [6.07, 6.45) is 0. The fourth-order valence-electron chi connectivity index (χ4n) is 2.00. The number of nitrogens with one attached hydrogen (secondary N) is 1. The van der Waals surface area contributed by atoms with Gasteiger partial charge in [-0.1, -0.05) is 11.6 Å². The lowest BCUT2D eigenvalue weighted by Crippen LogP contribution is -2.60. The van der Waals surface area contributed by atoms with Crippen LogP contribution in [0.2, 0.25) is 5.02 Å². The molecule has 4 nitrogen and oxygen atoms in total. The largest absolute Gasteiger partial charge is 0.394 e. The first kappa shape index (κ1) is 12.4. The van der Waals surface area contributed by atoms with Crippen molar-refractivity contribution >= 4 is 23.2 Å². The number of hydrogen-bond acceptors (Lipinski definition) is 3. The topological polar surface area (TPSA) is 52.6 Å². The fraction of sp³-hybridized carbons (Fsp3) is 0.417. The molecule has 1 aliphatic heterocycles. The zero-order chi connectivity index (χ0) is 12.4. The molecule has 2 atom stereocenters. The van der Waals surface area contributed by atoms with Gasteiger partial charge in [-0.25, -0.2) is 0 Å². The molecule has 1 aromatic carbocycles. The minimum absolute atomic E-state index is 0.104. The number of carbonyl (C=O) groups is 1. The highest BCUT2D eigenvalue weighted by atomic mass is 35.5. The van der Waals surface area contributed by atoms with Crippen LogP contribution in [0.25, 0.3) is 0 Å². The van der Waals surface area contributed by atoms with Crippen molar-refractivity contribution in [2.45, 2.75) is 19.0 Å². The van der Waals surface area contributed by atoms with Gasteiger partial charge in [-0.2, -0.15) is 0 Å². The maximum absolute atomic E-state index is 12.1. The quantitative estimate of drug-likeness (QED) is 0.829. The second-order valence-electron chi connectivity index (χ2n) is 4.23. The van der Waals surface area contributed by atoms with Crippen molar-refractivity contribution in [2.24, 2.45) is 0 Å². The molecule has 1 fully saturated rings. The summed E-state index contributed by atoms with van der Waals surface area (Å²) in [6, 6.07) is 6.77. The maximum Gasteiger partial charge on any atom is 0.246 e. The van der Waals surface area contributed by atoms with Gasteiger partial charge in [0.2, 0.25) is 5.91 Å². The summed E-state index contributed by atoms with van der Waals surface area (Å²) in [5.74, 6) is -0.104. The van der Waals surface area contributed by atoms with Crippen LogP contribution in [0.15, 0.2) is 24.3 Å². The van der Waals surface area contributed by atoms with E-state index in [1.54, 1.807) is 17.0 Å². The van der Waals surface area contributed by atoms with Crippen LogP contribution in [0.4, 0.5) is 5.69 Å². The molecule has 1 amide bonds. The molecule has 0 spiro atoms. The number of aliphatic hydroxyl groups is 1. The predicted molar refractivity (Wildman–Crippen MR) is 67.3 cm³/mol. The second-order valence-corrected chi connectivity index (χ2v) is 4.66. The van der Waals surface area contributed by atoms with Crippen LogP contribution in [-0.2, 0) is 4.79 Å². The first-order chi connectivity index (χ1) is 8.11. The third kappa shape index (κ3) is 2.60. The van der Waals surface area contributed by atoms with Crippen molar-refractivity contribution in [1.29, 1.82) is 0 Å². The fourth-order valence-corrected chi connectivity index (χ4v) is 2.13. The highest BCUT2D eigenvalue weighted by molar-refractivity contribution is 6.30.